The normalized spacial score (nSPS) is 13.7. The quantitative estimate of drug-likeness (QED) is 0.177. The lowest BCUT2D eigenvalue weighted by Crippen LogP contribution is -1.91. The van der Waals surface area contributed by atoms with Crippen molar-refractivity contribution in [1.29, 1.82) is 0 Å². The summed E-state index contributed by atoms with van der Waals surface area (Å²) in [5, 5.41) is 6.22. The summed E-state index contributed by atoms with van der Waals surface area (Å²) in [6.45, 7) is 0. The van der Waals surface area contributed by atoms with E-state index in [1.54, 1.807) is 0 Å². The number of hydrogen-bond acceptors (Lipinski definition) is 1. The molecule has 0 aliphatic heterocycles. The average Bonchev–Trinajstić information content (AvgIpc) is 3.61. The summed E-state index contributed by atoms with van der Waals surface area (Å²) in [6, 6.07) is 44.9. The Morgan fingerprint density at radius 1 is 0.388 bits per heavy atom. The van der Waals surface area contributed by atoms with Crippen molar-refractivity contribution in [2.45, 2.75) is 0 Å². The topological polar surface area (TPSA) is 13.1 Å². The Morgan fingerprint density at radius 2 is 1.00 bits per heavy atom. The maximum atomic E-state index is 9.05. The number of hydrogen-bond donors (Lipinski definition) is 0. The van der Waals surface area contributed by atoms with Crippen LogP contribution in [0.1, 0.15) is 9.60 Å². The third-order valence-corrected chi connectivity index (χ3v) is 9.52. The van der Waals surface area contributed by atoms with E-state index in [4.69, 9.17) is 14.0 Å². The average molecular weight is 630 g/mol. The largest absolute Gasteiger partial charge is 0.456 e. The third kappa shape index (κ3) is 4.47. The van der Waals surface area contributed by atoms with Crippen molar-refractivity contribution in [3.63, 3.8) is 0 Å². The van der Waals surface area contributed by atoms with Crippen molar-refractivity contribution in [3.8, 4) is 44.5 Å². The van der Waals surface area contributed by atoms with Crippen LogP contribution in [0.3, 0.4) is 0 Å². The van der Waals surface area contributed by atoms with Gasteiger partial charge in [0.1, 0.15) is 11.2 Å². The molecule has 1 heteroatoms. The van der Waals surface area contributed by atoms with Gasteiger partial charge in [-0.2, -0.15) is 0 Å². The molecule has 0 bridgehead atoms. The molecule has 10 aromatic rings. The van der Waals surface area contributed by atoms with E-state index in [1.807, 2.05) is 60.7 Å². The number of furan rings is 1. The number of rotatable bonds is 4. The molecule has 9 aromatic carbocycles. The molecule has 10 rings (SSSR count). The van der Waals surface area contributed by atoms with Crippen LogP contribution in [0.2, 0.25) is 0 Å². The molecule has 0 atom stereocenters. The SMILES string of the molecule is [2H]c1c([2H])c([2H])c2c([2H])c(-c3ccc(-c4c5ccccc5c(-c5cccc6oc7cc(-c8ccccc8)ccc7c56)c5ccccc45)cc3)c([2H])c([2H])c2c1[2H]. The fraction of sp³-hybridized carbons (Fsp3) is 0. The highest BCUT2D eigenvalue weighted by Crippen LogP contribution is 2.47. The van der Waals surface area contributed by atoms with Gasteiger partial charge in [0.15, 0.2) is 0 Å². The summed E-state index contributed by atoms with van der Waals surface area (Å²) in [5.41, 5.74) is 8.70. The highest BCUT2D eigenvalue weighted by Gasteiger charge is 2.20. The Bertz CT molecular complexity index is 3200. The van der Waals surface area contributed by atoms with Crippen molar-refractivity contribution >= 4 is 54.3 Å². The molecule has 0 saturated heterocycles. The maximum absolute atomic E-state index is 9.05. The molecule has 1 heterocycles. The second-order valence-electron chi connectivity index (χ2n) is 12.3. The zero-order valence-electron chi connectivity index (χ0n) is 33.2. The highest BCUT2D eigenvalue weighted by atomic mass is 16.3. The molecule has 49 heavy (non-hydrogen) atoms. The van der Waals surface area contributed by atoms with Gasteiger partial charge in [0.25, 0.3) is 0 Å². The van der Waals surface area contributed by atoms with Gasteiger partial charge in [-0.3, -0.25) is 0 Å². The second-order valence-corrected chi connectivity index (χ2v) is 12.3. The fourth-order valence-electron chi connectivity index (χ4n) is 7.30. The van der Waals surface area contributed by atoms with Crippen molar-refractivity contribution < 1.29 is 14.0 Å². The molecule has 0 spiro atoms. The van der Waals surface area contributed by atoms with E-state index < -0.39 is 18.1 Å². The molecule has 0 aliphatic carbocycles. The maximum Gasteiger partial charge on any atom is 0.136 e. The lowest BCUT2D eigenvalue weighted by atomic mass is 9.84. The van der Waals surface area contributed by atoms with Crippen molar-refractivity contribution in [1.82, 2.24) is 0 Å². The van der Waals surface area contributed by atoms with E-state index in [2.05, 4.69) is 78.9 Å². The van der Waals surface area contributed by atoms with Crippen LogP contribution in [0.5, 0.6) is 0 Å². The molecule has 228 valence electrons. The molecular formula is C48H30O. The monoisotopic (exact) mass is 629 g/mol. The van der Waals surface area contributed by atoms with E-state index in [9.17, 15) is 0 Å². The summed E-state index contributed by atoms with van der Waals surface area (Å²) >= 11 is 0. The predicted octanol–water partition coefficient (Wildman–Crippen LogP) is 13.7. The zero-order valence-corrected chi connectivity index (χ0v) is 26.2. The molecule has 0 amide bonds. The minimum atomic E-state index is -0.482. The van der Waals surface area contributed by atoms with Gasteiger partial charge in [0, 0.05) is 10.8 Å². The first-order chi connectivity index (χ1) is 27.2. The van der Waals surface area contributed by atoms with Crippen LogP contribution in [0.15, 0.2) is 186 Å². The van der Waals surface area contributed by atoms with Gasteiger partial charge >= 0.3 is 0 Å². The Kier molecular flexibility index (Phi) is 4.85. The molecule has 1 nitrogen and oxygen atoms in total. The van der Waals surface area contributed by atoms with Crippen LogP contribution in [-0.2, 0) is 0 Å². The van der Waals surface area contributed by atoms with Crippen LogP contribution < -0.4 is 0 Å². The van der Waals surface area contributed by atoms with Crippen LogP contribution in [0.25, 0.3) is 98.8 Å². The zero-order chi connectivity index (χ0) is 38.4. The molecular weight excluding hydrogens is 593 g/mol. The van der Waals surface area contributed by atoms with E-state index in [1.165, 1.54) is 0 Å². The van der Waals surface area contributed by atoms with Crippen LogP contribution >= 0.6 is 0 Å². The van der Waals surface area contributed by atoms with Crippen LogP contribution in [-0.4, -0.2) is 0 Å². The lowest BCUT2D eigenvalue weighted by molar-refractivity contribution is 0.669. The number of benzene rings is 9. The molecule has 0 radical (unpaired) electrons. The summed E-state index contributed by atoms with van der Waals surface area (Å²) in [7, 11) is 0. The minimum Gasteiger partial charge on any atom is -0.456 e. The molecule has 0 fully saturated rings. The van der Waals surface area contributed by atoms with Gasteiger partial charge in [-0.15, -0.1) is 0 Å². The Hall–Kier alpha value is -6.44. The fourth-order valence-corrected chi connectivity index (χ4v) is 7.30. The second kappa shape index (κ2) is 11.1. The van der Waals surface area contributed by atoms with Gasteiger partial charge in [-0.25, -0.2) is 0 Å². The Labute approximate surface area is 294 Å². The summed E-state index contributed by atoms with van der Waals surface area (Å²) in [6.07, 6.45) is 0. The van der Waals surface area contributed by atoms with E-state index in [0.717, 1.165) is 76.9 Å². The lowest BCUT2D eigenvalue weighted by Gasteiger charge is -2.18. The summed E-state index contributed by atoms with van der Waals surface area (Å²) in [4.78, 5) is 0. The summed E-state index contributed by atoms with van der Waals surface area (Å²) < 4.78 is 66.4. The standard InChI is InChI=1S/C48H30O/c1-2-11-31(12-3-1)37-27-28-42-45(30-37)49-44-20-10-19-43(48(42)44)47-40-17-8-6-15-38(40)46(39-16-7-9-18-41(39)47)34-24-21-33(22-25-34)36-26-23-32-13-4-5-14-35(32)29-36/h1-30H/i4D,5D,13D,14D,23D,26D,29D. The smallest absolute Gasteiger partial charge is 0.136 e. The van der Waals surface area contributed by atoms with Gasteiger partial charge in [0.2, 0.25) is 0 Å². The molecule has 1 aromatic heterocycles. The third-order valence-electron chi connectivity index (χ3n) is 9.52. The van der Waals surface area contributed by atoms with E-state index in [0.29, 0.717) is 5.56 Å². The first kappa shape index (κ1) is 21.4. The van der Waals surface area contributed by atoms with Gasteiger partial charge in [0.05, 0.1) is 9.60 Å². The number of fused-ring (bicyclic) bond motifs is 6. The van der Waals surface area contributed by atoms with E-state index >= 15 is 0 Å². The minimum absolute atomic E-state index is 0.0549. The molecule has 0 N–H and O–H groups in total. The molecule has 0 unspecified atom stereocenters. The van der Waals surface area contributed by atoms with Gasteiger partial charge in [-0.05, 0) is 101 Å². The van der Waals surface area contributed by atoms with Crippen molar-refractivity contribution in [3.05, 3.63) is 182 Å². The van der Waals surface area contributed by atoms with Gasteiger partial charge in [-0.1, -0.05) is 158 Å². The Morgan fingerprint density at radius 3 is 1.73 bits per heavy atom. The highest BCUT2D eigenvalue weighted by molar-refractivity contribution is 6.25. The van der Waals surface area contributed by atoms with Gasteiger partial charge < -0.3 is 4.42 Å². The molecule has 0 aliphatic rings. The van der Waals surface area contributed by atoms with Crippen LogP contribution in [0, 0.1) is 0 Å². The first-order valence-electron chi connectivity index (χ1n) is 19.8. The van der Waals surface area contributed by atoms with Crippen LogP contribution in [0.4, 0.5) is 0 Å². The van der Waals surface area contributed by atoms with Crippen molar-refractivity contribution in [2.24, 2.45) is 0 Å². The predicted molar refractivity (Wildman–Crippen MR) is 208 cm³/mol. The Balaban J connectivity index is 1.17. The van der Waals surface area contributed by atoms with Crippen molar-refractivity contribution in [2.75, 3.05) is 0 Å². The molecule has 0 saturated carbocycles. The summed E-state index contributed by atoms with van der Waals surface area (Å²) in [5.74, 6) is 0. The van der Waals surface area contributed by atoms with E-state index in [-0.39, 0.29) is 40.5 Å². The first-order valence-corrected chi connectivity index (χ1v) is 16.3.